The van der Waals surface area contributed by atoms with E-state index < -0.39 is 205 Å². The lowest BCUT2D eigenvalue weighted by molar-refractivity contribution is -0.159. The molecule has 1 unspecified atom stereocenters. The van der Waals surface area contributed by atoms with E-state index in [9.17, 15) is 78.3 Å². The van der Waals surface area contributed by atoms with Crippen molar-refractivity contribution in [3.63, 3.8) is 0 Å². The largest absolute Gasteiger partial charge is 0.453 e. The van der Waals surface area contributed by atoms with Crippen LogP contribution >= 0.6 is 11.6 Å². The lowest BCUT2D eigenvalue weighted by atomic mass is 9.95. The quantitative estimate of drug-likeness (QED) is 0.0215. The average Bonchev–Trinajstić information content (AvgIpc) is 0.919. The van der Waals surface area contributed by atoms with E-state index in [1.54, 1.807) is 41.5 Å². The van der Waals surface area contributed by atoms with Gasteiger partial charge in [0.05, 0.1) is 25.4 Å². The first-order valence-corrected chi connectivity index (χ1v) is 31.4. The maximum absolute atomic E-state index is 15.4. The highest BCUT2D eigenvalue weighted by atomic mass is 35.5. The summed E-state index contributed by atoms with van der Waals surface area (Å²) in [6, 6.07) is -6.34. The Hall–Kier alpha value is -8.60. The standard InChI is InChI=1S/C61H94ClN15O18/c1-10-30(8)41-56(90)75-42(31(9)79)55(89)68-25-39(80)73-44(48(83)50(64)84)58(92)72-38(26-78)60(94)95-49(33-15-12-11-13-16-33)45(77-53(87)37(24-28(4)5)70-54(88)40(63)47(82)32-18-20-34(62)21-19-32)59(93)76-43(46(81)29(6)7)57(91)71-36(23-27(2)3)52(86)69-35(51(85)74-41)17-14-22-67-61(65)66/h11-13,15-16,18-21,27-31,35-38,40-49,78-79,81-83H,10,14,17,22-26,63H2,1-9H3,(H2,64,84)(H,68,89)(H,69,86)(H,70,88)(H,71,91)(H,72,92)(H,73,80)(H,74,85)(H,75,90)(H,76,93)(H,77,87)(H4,65,66,67)/t30-,31-,35+,36-,37-,38-,40?,41-,42-,43-,44-,45-,46+,47+,48-,49+/m0/s1. The normalized spacial score (nSPS) is 24.3. The Kier molecular flexibility index (Phi) is 32.8. The number of benzene rings is 2. The van der Waals surface area contributed by atoms with Crippen LogP contribution in [0.5, 0.6) is 0 Å². The summed E-state index contributed by atoms with van der Waals surface area (Å²) in [4.78, 5) is 171. The van der Waals surface area contributed by atoms with Gasteiger partial charge in [-0.1, -0.05) is 116 Å². The van der Waals surface area contributed by atoms with Crippen molar-refractivity contribution in [2.24, 2.45) is 40.9 Å². The van der Waals surface area contributed by atoms with Gasteiger partial charge in [-0.25, -0.2) is 4.79 Å². The molecule has 2 aromatic carbocycles. The molecule has 16 atom stereocenters. The summed E-state index contributed by atoms with van der Waals surface area (Å²) in [6.45, 7) is 11.5. The van der Waals surface area contributed by atoms with E-state index in [0.717, 1.165) is 6.92 Å². The van der Waals surface area contributed by atoms with Crippen molar-refractivity contribution in [2.75, 3.05) is 19.7 Å². The van der Waals surface area contributed by atoms with Gasteiger partial charge in [0.15, 0.2) is 24.2 Å². The second-order valence-electron chi connectivity index (χ2n) is 24.4. The molecule has 34 heteroatoms. The van der Waals surface area contributed by atoms with Crippen LogP contribution in [0, 0.1) is 29.1 Å². The molecule has 0 radical (unpaired) electrons. The molecule has 3 rings (SSSR count). The smallest absolute Gasteiger partial charge is 0.331 e. The first-order valence-electron chi connectivity index (χ1n) is 31.0. The Bertz CT molecular complexity index is 2980. The molecule has 528 valence electrons. The van der Waals surface area contributed by atoms with Crippen molar-refractivity contribution in [3.05, 3.63) is 70.7 Å². The Morgan fingerprint density at radius 1 is 0.674 bits per heavy atom. The van der Waals surface area contributed by atoms with E-state index in [-0.39, 0.29) is 49.8 Å². The van der Waals surface area contributed by atoms with Crippen molar-refractivity contribution in [1.29, 1.82) is 5.41 Å². The molecule has 0 spiro atoms. The van der Waals surface area contributed by atoms with Gasteiger partial charge >= 0.3 is 5.97 Å². The van der Waals surface area contributed by atoms with E-state index in [0.29, 0.717) is 5.02 Å². The van der Waals surface area contributed by atoms with Crippen LogP contribution in [0.25, 0.3) is 0 Å². The maximum Gasteiger partial charge on any atom is 0.331 e. The zero-order valence-electron chi connectivity index (χ0n) is 54.5. The number of halogens is 1. The van der Waals surface area contributed by atoms with Crippen LogP contribution < -0.4 is 75.7 Å². The van der Waals surface area contributed by atoms with E-state index in [1.165, 1.54) is 68.4 Å². The Morgan fingerprint density at radius 3 is 1.78 bits per heavy atom. The number of carbonyl (C=O) groups excluding carboxylic acids is 12. The minimum atomic E-state index is -2.60. The number of amides is 11. The van der Waals surface area contributed by atoms with Gasteiger partial charge < -0.3 is 106 Å². The molecular weight excluding hydrogens is 1270 g/mol. The van der Waals surface area contributed by atoms with Crippen LogP contribution in [0.1, 0.15) is 118 Å². The van der Waals surface area contributed by atoms with Crippen molar-refractivity contribution in [2.45, 2.75) is 185 Å². The molecule has 1 saturated heterocycles. The van der Waals surface area contributed by atoms with Gasteiger partial charge in [0.25, 0.3) is 0 Å². The molecule has 2 aromatic rings. The second-order valence-corrected chi connectivity index (χ2v) is 24.8. The molecule has 0 saturated carbocycles. The summed E-state index contributed by atoms with van der Waals surface area (Å²) in [6.07, 6.45) is -10.3. The van der Waals surface area contributed by atoms with Crippen LogP contribution in [0.2, 0.25) is 5.02 Å². The summed E-state index contributed by atoms with van der Waals surface area (Å²) >= 11 is 6.03. The molecule has 0 bridgehead atoms. The third kappa shape index (κ3) is 25.2. The summed E-state index contributed by atoms with van der Waals surface area (Å²) in [5.41, 5.74) is 17.1. The van der Waals surface area contributed by atoms with Crippen molar-refractivity contribution >= 4 is 88.5 Å². The van der Waals surface area contributed by atoms with Gasteiger partial charge in [-0.2, -0.15) is 0 Å². The fourth-order valence-corrected chi connectivity index (χ4v) is 9.79. The van der Waals surface area contributed by atoms with E-state index in [4.69, 9.17) is 38.9 Å². The number of cyclic esters (lactones) is 1. The lowest BCUT2D eigenvalue weighted by Crippen LogP contribution is -2.64. The van der Waals surface area contributed by atoms with Crippen molar-refractivity contribution in [1.82, 2.24) is 58.5 Å². The Morgan fingerprint density at radius 2 is 1.23 bits per heavy atom. The van der Waals surface area contributed by atoms with Gasteiger partial charge in [0.2, 0.25) is 65.0 Å². The monoisotopic (exact) mass is 1360 g/mol. The molecule has 33 nitrogen and oxygen atoms in total. The molecule has 1 heterocycles. The van der Waals surface area contributed by atoms with E-state index in [2.05, 4.69) is 47.9 Å². The number of aliphatic hydroxyl groups is 5. The second kappa shape index (κ2) is 38.7. The summed E-state index contributed by atoms with van der Waals surface area (Å²) in [5.74, 6) is -18.2. The minimum Gasteiger partial charge on any atom is -0.453 e. The van der Waals surface area contributed by atoms with Crippen molar-refractivity contribution in [3.8, 4) is 0 Å². The number of nitrogens with one attached hydrogen (secondary N) is 12. The molecule has 95 heavy (non-hydrogen) atoms. The number of primary amides is 1. The average molecular weight is 1360 g/mol. The van der Waals surface area contributed by atoms with Gasteiger partial charge in [0, 0.05) is 11.6 Å². The molecule has 1 aliphatic rings. The molecule has 0 aliphatic carbocycles. The van der Waals surface area contributed by atoms with Gasteiger partial charge in [-0.05, 0) is 79.5 Å². The Labute approximate surface area is 554 Å². The number of rotatable bonds is 23. The predicted octanol–water partition coefficient (Wildman–Crippen LogP) is -4.88. The van der Waals surface area contributed by atoms with Gasteiger partial charge in [-0.15, -0.1) is 0 Å². The highest BCUT2D eigenvalue weighted by Gasteiger charge is 2.44. The van der Waals surface area contributed by atoms with Crippen LogP contribution in [0.3, 0.4) is 0 Å². The summed E-state index contributed by atoms with van der Waals surface area (Å²) in [7, 11) is 0. The zero-order valence-corrected chi connectivity index (χ0v) is 55.2. The highest BCUT2D eigenvalue weighted by Crippen LogP contribution is 2.25. The molecule has 11 amide bonds. The third-order valence-electron chi connectivity index (χ3n) is 15.3. The van der Waals surface area contributed by atoms with Crippen LogP contribution in [0.15, 0.2) is 54.6 Å². The molecular formula is C61H94ClN15O18. The third-order valence-corrected chi connectivity index (χ3v) is 15.5. The first kappa shape index (κ1) is 80.6. The number of hydrogen-bond donors (Lipinski definition) is 20. The van der Waals surface area contributed by atoms with Gasteiger partial charge in [0.1, 0.15) is 60.5 Å². The molecule has 1 fully saturated rings. The fourth-order valence-electron chi connectivity index (χ4n) is 9.66. The summed E-state index contributed by atoms with van der Waals surface area (Å²) in [5, 5.41) is 89.5. The maximum atomic E-state index is 15.4. The van der Waals surface area contributed by atoms with E-state index in [1.807, 2.05) is 10.6 Å². The molecule has 23 N–H and O–H groups in total. The zero-order chi connectivity index (χ0) is 71.7. The number of nitrogens with two attached hydrogens (primary N) is 3. The number of guanidine groups is 1. The number of esters is 1. The van der Waals surface area contributed by atoms with Crippen LogP contribution in [-0.4, -0.2) is 201 Å². The van der Waals surface area contributed by atoms with Gasteiger partial charge in [-0.3, -0.25) is 58.1 Å². The number of hydrogen-bond acceptors (Lipinski definition) is 20. The first-order chi connectivity index (χ1) is 44.5. The molecule has 1 aliphatic heterocycles. The number of carbonyl (C=O) groups is 12. The summed E-state index contributed by atoms with van der Waals surface area (Å²) < 4.78 is 5.92. The topological polar surface area (TPSA) is 549 Å². The fraction of sp³-hybridized carbons (Fsp3) is 0.590. The highest BCUT2D eigenvalue weighted by molar-refractivity contribution is 6.30. The van der Waals surface area contributed by atoms with E-state index >= 15 is 4.79 Å². The SMILES string of the molecule is CC[C@H](C)[C@@H]1NC(=O)[C@@H](CCCNC(=N)N)NC(=O)[C@H](CC(C)C)NC(=O)[C@H]([C@H](O)C(C)C)NC(=O)[C@@H](NC(=O)[C@H](CC(C)C)NC(=O)C(N)[C@H](O)c2ccc(Cl)cc2)[C@@H](c2ccccc2)OC(=O)[C@H](CO)NC(=O)[C@H]([C@H](O)C(N)=O)NC(=O)CNC(=O)[C@H]([C@H](C)O)NC1=O. The minimum absolute atomic E-state index is 0.00207. The number of aliphatic hydroxyl groups excluding tert-OH is 5. The lowest BCUT2D eigenvalue weighted by Gasteiger charge is -2.34. The molecule has 0 aromatic heterocycles. The number of ether oxygens (including phenoxy) is 1. The van der Waals surface area contributed by atoms with Crippen LogP contribution in [0.4, 0.5) is 0 Å². The van der Waals surface area contributed by atoms with Crippen molar-refractivity contribution < 1.29 is 87.8 Å². The Balaban J connectivity index is 2.41. The predicted molar refractivity (Wildman–Crippen MR) is 342 cm³/mol. The van der Waals surface area contributed by atoms with Crippen LogP contribution in [-0.2, 0) is 62.3 Å².